The van der Waals surface area contributed by atoms with E-state index in [1.54, 1.807) is 6.07 Å². The molecule has 0 aliphatic rings. The Bertz CT molecular complexity index is 559. The number of nitrogens with one attached hydrogen (secondary N) is 1. The van der Waals surface area contributed by atoms with Gasteiger partial charge in [-0.25, -0.2) is 0 Å². The van der Waals surface area contributed by atoms with E-state index >= 15 is 0 Å². The summed E-state index contributed by atoms with van der Waals surface area (Å²) in [5.41, 5.74) is 7.58. The Morgan fingerprint density at radius 3 is 2.85 bits per heavy atom. The zero-order valence-electron chi connectivity index (χ0n) is 11.9. The van der Waals surface area contributed by atoms with Crippen LogP contribution in [-0.4, -0.2) is 34.7 Å². The predicted molar refractivity (Wildman–Crippen MR) is 83.0 cm³/mol. The number of benzene rings is 1. The third kappa shape index (κ3) is 5.16. The molecule has 3 N–H and O–H groups in total. The molecular formula is C15H20N2O2S. The van der Waals surface area contributed by atoms with Gasteiger partial charge in [-0.2, -0.15) is 0 Å². The van der Waals surface area contributed by atoms with Gasteiger partial charge >= 0.3 is 0 Å². The van der Waals surface area contributed by atoms with E-state index in [9.17, 15) is 9.00 Å². The van der Waals surface area contributed by atoms with Gasteiger partial charge in [-0.05, 0) is 24.6 Å². The first-order valence-corrected chi connectivity index (χ1v) is 8.00. The molecule has 0 aliphatic carbocycles. The Labute approximate surface area is 122 Å². The second kappa shape index (κ2) is 8.51. The topological polar surface area (TPSA) is 72.2 Å². The van der Waals surface area contributed by atoms with Crippen LogP contribution in [0, 0.1) is 18.8 Å². The standard InChI is InChI=1S/C15H20N2O2S/c1-3-20(19)10-9-17-15(18)14-11-13(5-4-8-16)7-6-12(14)2/h6-7,11H,3,8-10,16H2,1-2H3,(H,17,18). The van der Waals surface area contributed by atoms with E-state index in [1.165, 1.54) is 0 Å². The summed E-state index contributed by atoms with van der Waals surface area (Å²) in [7, 11) is -0.865. The van der Waals surface area contributed by atoms with Crippen molar-refractivity contribution in [3.05, 3.63) is 34.9 Å². The molecule has 1 aromatic carbocycles. The van der Waals surface area contributed by atoms with Crippen LogP contribution in [0.15, 0.2) is 18.2 Å². The first-order chi connectivity index (χ1) is 9.58. The van der Waals surface area contributed by atoms with Gasteiger partial charge in [0.2, 0.25) is 0 Å². The van der Waals surface area contributed by atoms with Crippen LogP contribution in [0.5, 0.6) is 0 Å². The van der Waals surface area contributed by atoms with Crippen molar-refractivity contribution in [3.8, 4) is 11.8 Å². The number of aryl methyl sites for hydroxylation is 1. The molecule has 1 aromatic rings. The smallest absolute Gasteiger partial charge is 0.251 e. The first kappa shape index (κ1) is 16.4. The van der Waals surface area contributed by atoms with Gasteiger partial charge in [0.15, 0.2) is 0 Å². The van der Waals surface area contributed by atoms with Gasteiger partial charge in [-0.3, -0.25) is 9.00 Å². The largest absolute Gasteiger partial charge is 0.351 e. The highest BCUT2D eigenvalue weighted by molar-refractivity contribution is 7.84. The Morgan fingerprint density at radius 1 is 1.45 bits per heavy atom. The quantitative estimate of drug-likeness (QED) is 0.789. The molecule has 0 bridgehead atoms. The highest BCUT2D eigenvalue weighted by Gasteiger charge is 2.09. The molecule has 1 rings (SSSR count). The van der Waals surface area contributed by atoms with Crippen LogP contribution < -0.4 is 11.1 Å². The Hall–Kier alpha value is -1.64. The summed E-state index contributed by atoms with van der Waals surface area (Å²) in [5.74, 6) is 6.60. The number of carbonyl (C=O) groups is 1. The maximum absolute atomic E-state index is 12.1. The lowest BCUT2D eigenvalue weighted by molar-refractivity contribution is 0.0955. The number of rotatable bonds is 5. The molecule has 0 aromatic heterocycles. The summed E-state index contributed by atoms with van der Waals surface area (Å²) in [6, 6.07) is 5.48. The molecule has 1 amide bonds. The lowest BCUT2D eigenvalue weighted by atomic mass is 10.0. The minimum Gasteiger partial charge on any atom is -0.351 e. The van der Waals surface area contributed by atoms with Crippen LogP contribution in [0.3, 0.4) is 0 Å². The van der Waals surface area contributed by atoms with E-state index in [4.69, 9.17) is 5.73 Å². The summed E-state index contributed by atoms with van der Waals surface area (Å²) < 4.78 is 11.3. The van der Waals surface area contributed by atoms with Gasteiger partial charge in [0.1, 0.15) is 0 Å². The fourth-order valence-corrected chi connectivity index (χ4v) is 2.23. The van der Waals surface area contributed by atoms with Crippen molar-refractivity contribution >= 4 is 16.7 Å². The number of amides is 1. The van der Waals surface area contributed by atoms with Gasteiger partial charge in [0, 0.05) is 40.0 Å². The molecule has 108 valence electrons. The van der Waals surface area contributed by atoms with E-state index in [0.717, 1.165) is 11.1 Å². The summed E-state index contributed by atoms with van der Waals surface area (Å²) in [6.45, 7) is 4.44. The lowest BCUT2D eigenvalue weighted by Gasteiger charge is -2.08. The third-order valence-electron chi connectivity index (χ3n) is 2.75. The van der Waals surface area contributed by atoms with Crippen LogP contribution in [0.25, 0.3) is 0 Å². The minimum atomic E-state index is -0.865. The van der Waals surface area contributed by atoms with Crippen LogP contribution in [0.1, 0.15) is 28.4 Å². The van der Waals surface area contributed by atoms with Gasteiger partial charge in [0.05, 0.1) is 6.54 Å². The summed E-state index contributed by atoms with van der Waals surface area (Å²) in [5, 5.41) is 2.78. The van der Waals surface area contributed by atoms with Crippen molar-refractivity contribution in [1.29, 1.82) is 0 Å². The average molecular weight is 292 g/mol. The van der Waals surface area contributed by atoms with Gasteiger partial charge in [-0.15, -0.1) is 0 Å². The number of hydrogen-bond donors (Lipinski definition) is 2. The molecule has 0 radical (unpaired) electrons. The minimum absolute atomic E-state index is 0.160. The van der Waals surface area contributed by atoms with Gasteiger partial charge in [-0.1, -0.05) is 24.8 Å². The Balaban J connectivity index is 2.74. The highest BCUT2D eigenvalue weighted by atomic mass is 32.2. The van der Waals surface area contributed by atoms with Crippen molar-refractivity contribution in [2.75, 3.05) is 24.6 Å². The molecule has 1 unspecified atom stereocenters. The Kier molecular flexibility index (Phi) is 6.99. The highest BCUT2D eigenvalue weighted by Crippen LogP contribution is 2.10. The number of carbonyl (C=O) groups excluding carboxylic acids is 1. The maximum Gasteiger partial charge on any atom is 0.251 e. The molecule has 0 saturated heterocycles. The van der Waals surface area contributed by atoms with Crippen LogP contribution in [-0.2, 0) is 10.8 Å². The summed E-state index contributed by atoms with van der Waals surface area (Å²) >= 11 is 0. The van der Waals surface area contributed by atoms with Crippen LogP contribution in [0.2, 0.25) is 0 Å². The fraction of sp³-hybridized carbons (Fsp3) is 0.400. The van der Waals surface area contributed by atoms with Gasteiger partial charge < -0.3 is 11.1 Å². The normalized spacial score (nSPS) is 11.3. The van der Waals surface area contributed by atoms with E-state index < -0.39 is 10.8 Å². The molecule has 4 nitrogen and oxygen atoms in total. The predicted octanol–water partition coefficient (Wildman–Crippen LogP) is 0.804. The zero-order valence-corrected chi connectivity index (χ0v) is 12.7. The average Bonchev–Trinajstić information content (AvgIpc) is 2.45. The lowest BCUT2D eigenvalue weighted by Crippen LogP contribution is -2.28. The molecule has 0 aliphatic heterocycles. The van der Waals surface area contributed by atoms with E-state index in [-0.39, 0.29) is 12.5 Å². The van der Waals surface area contributed by atoms with Crippen LogP contribution >= 0.6 is 0 Å². The molecule has 0 fully saturated rings. The van der Waals surface area contributed by atoms with Crippen molar-refractivity contribution in [3.63, 3.8) is 0 Å². The fourth-order valence-electron chi connectivity index (χ4n) is 1.62. The second-order valence-electron chi connectivity index (χ2n) is 4.22. The van der Waals surface area contributed by atoms with Crippen molar-refractivity contribution in [2.24, 2.45) is 5.73 Å². The summed E-state index contributed by atoms with van der Waals surface area (Å²) in [6.07, 6.45) is 0. The maximum atomic E-state index is 12.1. The first-order valence-electron chi connectivity index (χ1n) is 6.51. The molecule has 0 heterocycles. The van der Waals surface area contributed by atoms with Crippen molar-refractivity contribution in [2.45, 2.75) is 13.8 Å². The molecule has 0 spiro atoms. The Morgan fingerprint density at radius 2 is 2.20 bits per heavy atom. The second-order valence-corrected chi connectivity index (χ2v) is 6.09. The molecule has 20 heavy (non-hydrogen) atoms. The van der Waals surface area contributed by atoms with Gasteiger partial charge in [0.25, 0.3) is 5.91 Å². The third-order valence-corrected chi connectivity index (χ3v) is 4.06. The van der Waals surface area contributed by atoms with Crippen LogP contribution in [0.4, 0.5) is 0 Å². The summed E-state index contributed by atoms with van der Waals surface area (Å²) in [4.78, 5) is 12.1. The molecule has 0 saturated carbocycles. The molecule has 5 heteroatoms. The van der Waals surface area contributed by atoms with Crippen molar-refractivity contribution < 1.29 is 9.00 Å². The molecular weight excluding hydrogens is 272 g/mol. The number of hydrogen-bond acceptors (Lipinski definition) is 3. The number of nitrogens with two attached hydrogens (primary N) is 1. The zero-order chi connectivity index (χ0) is 15.0. The van der Waals surface area contributed by atoms with E-state index in [0.29, 0.717) is 23.6 Å². The molecule has 1 atom stereocenters. The van der Waals surface area contributed by atoms with E-state index in [1.807, 2.05) is 26.0 Å². The van der Waals surface area contributed by atoms with Crippen molar-refractivity contribution in [1.82, 2.24) is 5.32 Å². The SMILES string of the molecule is CCS(=O)CCNC(=O)c1cc(C#CCN)ccc1C. The monoisotopic (exact) mass is 292 g/mol. The van der Waals surface area contributed by atoms with E-state index in [2.05, 4.69) is 17.2 Å².